The van der Waals surface area contributed by atoms with Crippen molar-refractivity contribution >= 4 is 40.7 Å². The van der Waals surface area contributed by atoms with Gasteiger partial charge in [0.05, 0.1) is 11.6 Å². The van der Waals surface area contributed by atoms with Crippen molar-refractivity contribution in [2.24, 2.45) is 0 Å². The number of carbonyl (C=O) groups is 2. The normalized spacial score (nSPS) is 18.7. The van der Waals surface area contributed by atoms with Gasteiger partial charge in [-0.15, -0.1) is 0 Å². The number of benzene rings is 2. The fraction of sp³-hybridized carbons (Fsp3) is 0.238. The first-order chi connectivity index (χ1) is 13.4. The van der Waals surface area contributed by atoms with Crippen LogP contribution in [-0.2, 0) is 14.3 Å². The molecule has 0 saturated carbocycles. The highest BCUT2D eigenvalue weighted by Gasteiger charge is 2.45. The lowest BCUT2D eigenvalue weighted by atomic mass is 9.95. The van der Waals surface area contributed by atoms with Crippen molar-refractivity contribution in [3.05, 3.63) is 75.3 Å². The first-order valence-electron chi connectivity index (χ1n) is 8.72. The number of rotatable bonds is 6. The highest BCUT2D eigenvalue weighted by atomic mass is 35.5. The second kappa shape index (κ2) is 8.78. The number of halogens is 2. The van der Waals surface area contributed by atoms with Gasteiger partial charge in [0, 0.05) is 35.9 Å². The number of aliphatic hydroxyl groups is 1. The van der Waals surface area contributed by atoms with E-state index in [0.717, 1.165) is 0 Å². The van der Waals surface area contributed by atoms with Crippen LogP contribution in [0.15, 0.2) is 54.1 Å². The number of hydrogen-bond donors (Lipinski definition) is 1. The molecule has 1 atom stereocenters. The van der Waals surface area contributed by atoms with E-state index in [-0.39, 0.29) is 11.3 Å². The Hall–Kier alpha value is -2.34. The molecule has 1 saturated heterocycles. The van der Waals surface area contributed by atoms with Crippen LogP contribution >= 0.6 is 23.2 Å². The van der Waals surface area contributed by atoms with Gasteiger partial charge >= 0.3 is 0 Å². The lowest BCUT2D eigenvalue weighted by molar-refractivity contribution is -0.140. The van der Waals surface area contributed by atoms with Crippen LogP contribution in [0, 0.1) is 0 Å². The second-order valence-corrected chi connectivity index (χ2v) is 7.27. The molecule has 1 aliphatic rings. The number of hydrogen-bond acceptors (Lipinski definition) is 4. The van der Waals surface area contributed by atoms with Gasteiger partial charge in [-0.2, -0.15) is 0 Å². The van der Waals surface area contributed by atoms with Gasteiger partial charge in [-0.3, -0.25) is 9.59 Å². The number of Topliss-reactive ketones (excluding diaryl/α,β-unsaturated/α-hetero) is 1. The predicted molar refractivity (Wildman–Crippen MR) is 108 cm³/mol. The third-order valence-electron chi connectivity index (χ3n) is 4.59. The molecule has 2 aromatic rings. The van der Waals surface area contributed by atoms with Crippen molar-refractivity contribution in [1.82, 2.24) is 4.90 Å². The largest absolute Gasteiger partial charge is 0.507 e. The molecule has 0 unspecified atom stereocenters. The summed E-state index contributed by atoms with van der Waals surface area (Å²) in [5.41, 5.74) is 1.15. The monoisotopic (exact) mass is 419 g/mol. The average Bonchev–Trinajstić information content (AvgIpc) is 2.94. The van der Waals surface area contributed by atoms with E-state index >= 15 is 0 Å². The third kappa shape index (κ3) is 4.07. The molecule has 5 nitrogen and oxygen atoms in total. The van der Waals surface area contributed by atoms with Gasteiger partial charge in [-0.25, -0.2) is 0 Å². The molecular weight excluding hydrogens is 401 g/mol. The fourth-order valence-electron chi connectivity index (χ4n) is 3.24. The third-order valence-corrected chi connectivity index (χ3v) is 5.09. The molecular formula is C21H19Cl2NO4. The van der Waals surface area contributed by atoms with Crippen LogP contribution in [0.3, 0.4) is 0 Å². The van der Waals surface area contributed by atoms with E-state index in [1.54, 1.807) is 55.6 Å². The average molecular weight is 420 g/mol. The molecule has 0 radical (unpaired) electrons. The zero-order valence-corrected chi connectivity index (χ0v) is 16.7. The second-order valence-electron chi connectivity index (χ2n) is 6.40. The lowest BCUT2D eigenvalue weighted by Gasteiger charge is -2.25. The number of methoxy groups -OCH3 is 1. The minimum Gasteiger partial charge on any atom is -0.507 e. The molecule has 3 rings (SSSR count). The standard InChI is InChI=1S/C21H19Cl2NO4/c1-28-12-2-11-24-18(13-3-7-15(22)8-4-13)17(20(26)21(24)27)19(25)14-5-9-16(23)10-6-14/h3-10,18,25H,2,11-12H2,1H3/b19-17+/t18-/m1/s1. The van der Waals surface area contributed by atoms with Crippen molar-refractivity contribution in [3.63, 3.8) is 0 Å². The summed E-state index contributed by atoms with van der Waals surface area (Å²) in [4.78, 5) is 26.9. The molecule has 28 heavy (non-hydrogen) atoms. The smallest absolute Gasteiger partial charge is 0.295 e. The Morgan fingerprint density at radius 1 is 1.04 bits per heavy atom. The maximum Gasteiger partial charge on any atom is 0.295 e. The zero-order valence-electron chi connectivity index (χ0n) is 15.2. The van der Waals surface area contributed by atoms with Gasteiger partial charge < -0.3 is 14.7 Å². The Kier molecular flexibility index (Phi) is 6.39. The van der Waals surface area contributed by atoms with Crippen molar-refractivity contribution < 1.29 is 19.4 Å². The Morgan fingerprint density at radius 3 is 2.18 bits per heavy atom. The number of ketones is 1. The molecule has 1 aliphatic heterocycles. The summed E-state index contributed by atoms with van der Waals surface area (Å²) in [6, 6.07) is 12.6. The van der Waals surface area contributed by atoms with E-state index in [0.29, 0.717) is 40.7 Å². The summed E-state index contributed by atoms with van der Waals surface area (Å²) in [6.07, 6.45) is 0.564. The number of likely N-dealkylation sites (tertiary alicyclic amines) is 1. The number of aliphatic hydroxyl groups excluding tert-OH is 1. The molecule has 1 amide bonds. The zero-order chi connectivity index (χ0) is 20.3. The molecule has 0 aliphatic carbocycles. The topological polar surface area (TPSA) is 66.8 Å². The van der Waals surface area contributed by atoms with Crippen molar-refractivity contribution in [1.29, 1.82) is 0 Å². The predicted octanol–water partition coefficient (Wildman–Crippen LogP) is 4.45. The van der Waals surface area contributed by atoms with Gasteiger partial charge in [-0.05, 0) is 48.4 Å². The van der Waals surface area contributed by atoms with E-state index in [2.05, 4.69) is 0 Å². The van der Waals surface area contributed by atoms with Crippen LogP contribution < -0.4 is 0 Å². The number of carbonyl (C=O) groups excluding carboxylic acids is 2. The minimum absolute atomic E-state index is 0.0482. The summed E-state index contributed by atoms with van der Waals surface area (Å²) in [5, 5.41) is 11.9. The molecule has 146 valence electrons. The van der Waals surface area contributed by atoms with Gasteiger partial charge in [0.15, 0.2) is 0 Å². The molecule has 1 heterocycles. The molecule has 0 spiro atoms. The molecule has 7 heteroatoms. The van der Waals surface area contributed by atoms with Gasteiger partial charge in [0.25, 0.3) is 11.7 Å². The Morgan fingerprint density at radius 2 is 1.61 bits per heavy atom. The van der Waals surface area contributed by atoms with Crippen molar-refractivity contribution in [3.8, 4) is 0 Å². The number of ether oxygens (including phenoxy) is 1. The number of amides is 1. The summed E-state index contributed by atoms with van der Waals surface area (Å²) in [7, 11) is 1.57. The quantitative estimate of drug-likeness (QED) is 0.325. The maximum absolute atomic E-state index is 12.8. The van der Waals surface area contributed by atoms with Crippen LogP contribution in [0.5, 0.6) is 0 Å². The first-order valence-corrected chi connectivity index (χ1v) is 9.48. The lowest BCUT2D eigenvalue weighted by Crippen LogP contribution is -2.31. The van der Waals surface area contributed by atoms with E-state index in [4.69, 9.17) is 27.9 Å². The van der Waals surface area contributed by atoms with Gasteiger partial charge in [0.1, 0.15) is 5.76 Å². The van der Waals surface area contributed by atoms with E-state index in [9.17, 15) is 14.7 Å². The Bertz CT molecular complexity index is 907. The summed E-state index contributed by atoms with van der Waals surface area (Å²) < 4.78 is 5.06. The fourth-order valence-corrected chi connectivity index (χ4v) is 3.50. The van der Waals surface area contributed by atoms with Crippen LogP contribution in [0.4, 0.5) is 0 Å². The van der Waals surface area contributed by atoms with Gasteiger partial charge in [0.2, 0.25) is 0 Å². The number of nitrogens with zero attached hydrogens (tertiary/aromatic N) is 1. The summed E-state index contributed by atoms with van der Waals surface area (Å²) >= 11 is 11.9. The first kappa shape index (κ1) is 20.4. The minimum atomic E-state index is -0.718. The van der Waals surface area contributed by atoms with Crippen LogP contribution in [-0.4, -0.2) is 42.0 Å². The van der Waals surface area contributed by atoms with E-state index < -0.39 is 17.7 Å². The highest BCUT2D eigenvalue weighted by Crippen LogP contribution is 2.39. The Balaban J connectivity index is 2.10. The van der Waals surface area contributed by atoms with Crippen LogP contribution in [0.25, 0.3) is 5.76 Å². The molecule has 2 aromatic carbocycles. The molecule has 1 fully saturated rings. The van der Waals surface area contributed by atoms with Crippen molar-refractivity contribution in [2.75, 3.05) is 20.3 Å². The summed E-state index contributed by atoms with van der Waals surface area (Å²) in [6.45, 7) is 0.774. The maximum atomic E-state index is 12.8. The van der Waals surface area contributed by atoms with Crippen molar-refractivity contribution in [2.45, 2.75) is 12.5 Å². The molecule has 0 aromatic heterocycles. The Labute approximate surface area is 173 Å². The van der Waals surface area contributed by atoms with E-state index in [1.165, 1.54) is 4.90 Å². The van der Waals surface area contributed by atoms with E-state index in [1.807, 2.05) is 0 Å². The SMILES string of the molecule is COCCCN1C(=O)C(=O)/C(=C(/O)c2ccc(Cl)cc2)[C@H]1c1ccc(Cl)cc1. The molecule has 1 N–H and O–H groups in total. The van der Waals surface area contributed by atoms with Gasteiger partial charge in [-0.1, -0.05) is 35.3 Å². The molecule has 0 bridgehead atoms. The van der Waals surface area contributed by atoms with Crippen LogP contribution in [0.1, 0.15) is 23.6 Å². The summed E-state index contributed by atoms with van der Waals surface area (Å²) in [5.74, 6) is -1.60. The highest BCUT2D eigenvalue weighted by molar-refractivity contribution is 6.46. The van der Waals surface area contributed by atoms with Crippen LogP contribution in [0.2, 0.25) is 10.0 Å².